The lowest BCUT2D eigenvalue weighted by molar-refractivity contribution is -0.150. The maximum Gasteiger partial charge on any atom is 0.329 e. The van der Waals surface area contributed by atoms with Crippen LogP contribution in [0.25, 0.3) is 0 Å². The number of thiol groups is 1. The predicted octanol–water partition coefficient (Wildman–Crippen LogP) is -1.04. The number of hydrogen-bond acceptors (Lipinski definition) is 4. The van der Waals surface area contributed by atoms with Crippen LogP contribution in [-0.4, -0.2) is 51.4 Å². The first-order chi connectivity index (χ1) is 6.07. The minimum Gasteiger partial charge on any atom is -0.480 e. The van der Waals surface area contributed by atoms with Crippen molar-refractivity contribution in [2.75, 3.05) is 12.3 Å². The molecule has 0 aromatic heterocycles. The molecule has 13 heavy (non-hydrogen) atoms. The van der Waals surface area contributed by atoms with Crippen molar-refractivity contribution in [3.8, 4) is 0 Å². The minimum absolute atomic E-state index is 0.0313. The zero-order chi connectivity index (χ0) is 10.0. The Morgan fingerprint density at radius 1 is 1.54 bits per heavy atom. The average molecular weight is 205 g/mol. The maximum atomic E-state index is 11.1. The van der Waals surface area contributed by atoms with E-state index in [1.165, 1.54) is 0 Å². The average Bonchev–Trinajstić information content (AvgIpc) is 2.45. The zero-order valence-corrected chi connectivity index (χ0v) is 7.78. The standard InChI is InChI=1S/C7H11NO4S/c9-4-1-2-8(5(10)3-13)6(4)7(11)12/h4,6,9,13H,1-3H2,(H,11,12)/t4?,6-/m0/s1. The van der Waals surface area contributed by atoms with Crippen LogP contribution in [-0.2, 0) is 9.59 Å². The third kappa shape index (κ3) is 1.94. The molecule has 0 aromatic carbocycles. The number of amides is 1. The van der Waals surface area contributed by atoms with Crippen LogP contribution in [0.15, 0.2) is 0 Å². The normalized spacial score (nSPS) is 27.7. The van der Waals surface area contributed by atoms with Crippen LogP contribution < -0.4 is 0 Å². The van der Waals surface area contributed by atoms with Gasteiger partial charge >= 0.3 is 5.97 Å². The van der Waals surface area contributed by atoms with Gasteiger partial charge in [-0.2, -0.15) is 12.6 Å². The minimum atomic E-state index is -1.17. The van der Waals surface area contributed by atoms with E-state index in [0.29, 0.717) is 6.42 Å². The summed E-state index contributed by atoms with van der Waals surface area (Å²) in [5, 5.41) is 18.0. The third-order valence-electron chi connectivity index (χ3n) is 2.07. The highest BCUT2D eigenvalue weighted by Crippen LogP contribution is 2.18. The first-order valence-corrected chi connectivity index (χ1v) is 4.52. The summed E-state index contributed by atoms with van der Waals surface area (Å²) < 4.78 is 0. The predicted molar refractivity (Wildman–Crippen MR) is 47.6 cm³/mol. The van der Waals surface area contributed by atoms with E-state index in [4.69, 9.17) is 5.11 Å². The Bertz CT molecular complexity index is 233. The fourth-order valence-corrected chi connectivity index (χ4v) is 1.63. The second-order valence-electron chi connectivity index (χ2n) is 2.88. The third-order valence-corrected chi connectivity index (χ3v) is 2.35. The molecule has 1 aliphatic rings. The molecule has 0 saturated carbocycles. The summed E-state index contributed by atoms with van der Waals surface area (Å²) in [4.78, 5) is 23.0. The molecule has 1 aliphatic heterocycles. The van der Waals surface area contributed by atoms with Crippen molar-refractivity contribution in [3.05, 3.63) is 0 Å². The van der Waals surface area contributed by atoms with Crippen LogP contribution in [0.3, 0.4) is 0 Å². The molecule has 2 N–H and O–H groups in total. The summed E-state index contributed by atoms with van der Waals surface area (Å²) in [6.45, 7) is 0.289. The summed E-state index contributed by atoms with van der Waals surface area (Å²) in [5.74, 6) is -1.55. The smallest absolute Gasteiger partial charge is 0.329 e. The number of carbonyl (C=O) groups excluding carboxylic acids is 1. The summed E-state index contributed by atoms with van der Waals surface area (Å²) in [6.07, 6.45) is -0.641. The van der Waals surface area contributed by atoms with Gasteiger partial charge in [-0.1, -0.05) is 0 Å². The summed E-state index contributed by atoms with van der Waals surface area (Å²) >= 11 is 3.76. The van der Waals surface area contributed by atoms with Crippen molar-refractivity contribution in [2.45, 2.75) is 18.6 Å². The number of aliphatic carboxylic acids is 1. The Morgan fingerprint density at radius 2 is 2.15 bits per heavy atom. The maximum absolute atomic E-state index is 11.1. The van der Waals surface area contributed by atoms with Crippen molar-refractivity contribution in [2.24, 2.45) is 0 Å². The van der Waals surface area contributed by atoms with Crippen LogP contribution in [0, 0.1) is 0 Å². The number of aliphatic hydroxyl groups is 1. The SMILES string of the molecule is O=C(O)[C@@H]1C(O)CCN1C(=O)CS. The number of likely N-dealkylation sites (tertiary alicyclic amines) is 1. The molecule has 74 valence electrons. The van der Waals surface area contributed by atoms with Gasteiger partial charge in [0, 0.05) is 6.54 Å². The van der Waals surface area contributed by atoms with E-state index in [1.54, 1.807) is 0 Å². The van der Waals surface area contributed by atoms with Gasteiger partial charge in [0.1, 0.15) is 0 Å². The number of hydrogen-bond donors (Lipinski definition) is 3. The molecule has 1 amide bonds. The Labute approximate surface area is 80.7 Å². The van der Waals surface area contributed by atoms with Crippen molar-refractivity contribution in [3.63, 3.8) is 0 Å². The monoisotopic (exact) mass is 205 g/mol. The first-order valence-electron chi connectivity index (χ1n) is 3.89. The molecule has 2 atom stereocenters. The van der Waals surface area contributed by atoms with Crippen LogP contribution in [0.4, 0.5) is 0 Å². The van der Waals surface area contributed by atoms with E-state index < -0.39 is 18.1 Å². The molecule has 0 aromatic rings. The summed E-state index contributed by atoms with van der Waals surface area (Å²) in [7, 11) is 0. The lowest BCUT2D eigenvalue weighted by atomic mass is 10.2. The van der Waals surface area contributed by atoms with E-state index in [-0.39, 0.29) is 18.2 Å². The van der Waals surface area contributed by atoms with E-state index in [2.05, 4.69) is 12.6 Å². The van der Waals surface area contributed by atoms with Crippen molar-refractivity contribution in [1.29, 1.82) is 0 Å². The van der Waals surface area contributed by atoms with Crippen molar-refractivity contribution < 1.29 is 19.8 Å². The molecule has 1 heterocycles. The zero-order valence-electron chi connectivity index (χ0n) is 6.88. The second-order valence-corrected chi connectivity index (χ2v) is 3.20. The molecule has 1 unspecified atom stereocenters. The van der Waals surface area contributed by atoms with E-state index in [9.17, 15) is 14.7 Å². The Balaban J connectivity index is 2.75. The van der Waals surface area contributed by atoms with Gasteiger partial charge in [0.15, 0.2) is 6.04 Å². The highest BCUT2D eigenvalue weighted by Gasteiger charge is 2.40. The van der Waals surface area contributed by atoms with Crippen LogP contribution in [0.1, 0.15) is 6.42 Å². The molecule has 0 bridgehead atoms. The molecular weight excluding hydrogens is 194 g/mol. The molecule has 1 fully saturated rings. The van der Waals surface area contributed by atoms with Gasteiger partial charge in [-0.3, -0.25) is 4.79 Å². The number of rotatable bonds is 2. The van der Waals surface area contributed by atoms with Gasteiger partial charge in [-0.25, -0.2) is 4.79 Å². The van der Waals surface area contributed by atoms with E-state index >= 15 is 0 Å². The molecule has 0 spiro atoms. The van der Waals surface area contributed by atoms with Crippen LogP contribution in [0.2, 0.25) is 0 Å². The second kappa shape index (κ2) is 3.97. The van der Waals surface area contributed by atoms with Crippen molar-refractivity contribution in [1.82, 2.24) is 4.90 Å². The van der Waals surface area contributed by atoms with Crippen molar-refractivity contribution >= 4 is 24.5 Å². The van der Waals surface area contributed by atoms with Gasteiger partial charge in [-0.15, -0.1) is 0 Å². The first kappa shape index (κ1) is 10.3. The Morgan fingerprint density at radius 3 is 2.62 bits per heavy atom. The number of carboxylic acid groups (broad SMARTS) is 1. The quantitative estimate of drug-likeness (QED) is 0.503. The van der Waals surface area contributed by atoms with E-state index in [1.807, 2.05) is 0 Å². The topological polar surface area (TPSA) is 77.8 Å². The highest BCUT2D eigenvalue weighted by molar-refractivity contribution is 7.81. The molecular formula is C7H11NO4S. The largest absolute Gasteiger partial charge is 0.480 e. The molecule has 1 rings (SSSR count). The Hall–Kier alpha value is -0.750. The number of nitrogens with zero attached hydrogens (tertiary/aromatic N) is 1. The molecule has 0 aliphatic carbocycles. The lowest BCUT2D eigenvalue weighted by Crippen LogP contribution is -2.45. The fourth-order valence-electron chi connectivity index (χ4n) is 1.44. The van der Waals surface area contributed by atoms with Gasteiger partial charge < -0.3 is 15.1 Å². The lowest BCUT2D eigenvalue weighted by Gasteiger charge is -2.21. The highest BCUT2D eigenvalue weighted by atomic mass is 32.1. The fraction of sp³-hybridized carbons (Fsp3) is 0.714. The molecule has 0 radical (unpaired) electrons. The number of aliphatic hydroxyl groups excluding tert-OH is 1. The van der Waals surface area contributed by atoms with Gasteiger partial charge in [-0.05, 0) is 6.42 Å². The van der Waals surface area contributed by atoms with E-state index in [0.717, 1.165) is 4.90 Å². The van der Waals surface area contributed by atoms with Crippen LogP contribution >= 0.6 is 12.6 Å². The molecule has 1 saturated heterocycles. The van der Waals surface area contributed by atoms with Gasteiger partial charge in [0.2, 0.25) is 5.91 Å². The number of carboxylic acids is 1. The number of carbonyl (C=O) groups is 2. The van der Waals surface area contributed by atoms with Gasteiger partial charge in [0.25, 0.3) is 0 Å². The summed E-state index contributed by atoms with van der Waals surface area (Å²) in [5.41, 5.74) is 0. The molecule has 5 nitrogen and oxygen atoms in total. The summed E-state index contributed by atoms with van der Waals surface area (Å²) in [6, 6.07) is -1.10. The Kier molecular flexibility index (Phi) is 3.16. The van der Waals surface area contributed by atoms with Gasteiger partial charge in [0.05, 0.1) is 11.9 Å². The van der Waals surface area contributed by atoms with Crippen LogP contribution in [0.5, 0.6) is 0 Å². The molecule has 6 heteroatoms.